The number of hydrogen-bond acceptors (Lipinski definition) is 4. The lowest BCUT2D eigenvalue weighted by Crippen LogP contribution is -2.26. The molecule has 0 saturated carbocycles. The summed E-state index contributed by atoms with van der Waals surface area (Å²) >= 11 is 1.73. The maximum Gasteiger partial charge on any atom is 0.169 e. The summed E-state index contributed by atoms with van der Waals surface area (Å²) in [5.74, 6) is -0.195. The number of Topliss-reactive ketones (excluding diaryl/α,β-unsaturated/α-hetero) is 1. The maximum absolute atomic E-state index is 13.7. The van der Waals surface area contributed by atoms with Gasteiger partial charge in [-0.3, -0.25) is 9.48 Å². The molecular formula is C26H25N3OS. The van der Waals surface area contributed by atoms with Crippen molar-refractivity contribution in [1.29, 1.82) is 0 Å². The van der Waals surface area contributed by atoms with Gasteiger partial charge in [0.2, 0.25) is 0 Å². The average Bonchev–Trinajstić information content (AvgIpc) is 3.32. The van der Waals surface area contributed by atoms with E-state index in [-0.39, 0.29) is 17.0 Å². The van der Waals surface area contributed by atoms with Crippen LogP contribution in [0.1, 0.15) is 32.3 Å². The van der Waals surface area contributed by atoms with E-state index in [2.05, 4.69) is 72.5 Å². The van der Waals surface area contributed by atoms with Gasteiger partial charge in [-0.2, -0.15) is 5.10 Å². The standard InChI is InChI=1S/C26H25N3OS/c1-19-8-12-22(13-9-19)26(31-23-14-10-20(2)11-15-23)24(16-29-18-27-17-28-29)25(30)21-6-4-3-5-7-21/h3-15,17-18,24,26H,16H2,1-2H3/t24-,26+/m0/s1. The van der Waals surface area contributed by atoms with Crippen molar-refractivity contribution in [2.24, 2.45) is 5.92 Å². The highest BCUT2D eigenvalue weighted by Gasteiger charge is 2.32. The van der Waals surface area contributed by atoms with Gasteiger partial charge in [0.1, 0.15) is 12.7 Å². The first-order valence-corrected chi connectivity index (χ1v) is 11.2. The lowest BCUT2D eigenvalue weighted by molar-refractivity contribution is 0.0901. The molecule has 2 atom stereocenters. The summed E-state index contributed by atoms with van der Waals surface area (Å²) < 4.78 is 1.75. The lowest BCUT2D eigenvalue weighted by atomic mass is 9.90. The normalized spacial score (nSPS) is 13.0. The zero-order valence-electron chi connectivity index (χ0n) is 17.7. The van der Waals surface area contributed by atoms with Gasteiger partial charge in [-0.25, -0.2) is 4.98 Å². The van der Waals surface area contributed by atoms with Crippen LogP contribution in [-0.2, 0) is 6.54 Å². The van der Waals surface area contributed by atoms with Crippen molar-refractivity contribution in [3.8, 4) is 0 Å². The number of carbonyl (C=O) groups is 1. The summed E-state index contributed by atoms with van der Waals surface area (Å²) in [6.45, 7) is 4.62. The fourth-order valence-electron chi connectivity index (χ4n) is 3.56. The molecule has 0 spiro atoms. The number of nitrogens with zero attached hydrogens (tertiary/aromatic N) is 3. The molecule has 0 unspecified atom stereocenters. The number of benzene rings is 3. The highest BCUT2D eigenvalue weighted by molar-refractivity contribution is 7.99. The molecule has 5 heteroatoms. The monoisotopic (exact) mass is 427 g/mol. The van der Waals surface area contributed by atoms with E-state index in [9.17, 15) is 4.79 Å². The molecule has 156 valence electrons. The van der Waals surface area contributed by atoms with Crippen LogP contribution >= 0.6 is 11.8 Å². The Kier molecular flexibility index (Phi) is 6.63. The Hall–Kier alpha value is -3.18. The van der Waals surface area contributed by atoms with Gasteiger partial charge in [-0.15, -0.1) is 11.8 Å². The Labute approximate surface area is 187 Å². The molecule has 4 nitrogen and oxygen atoms in total. The van der Waals surface area contributed by atoms with E-state index in [1.807, 2.05) is 30.3 Å². The molecule has 0 radical (unpaired) electrons. The average molecular weight is 428 g/mol. The van der Waals surface area contributed by atoms with Gasteiger partial charge in [0.05, 0.1) is 12.5 Å². The van der Waals surface area contributed by atoms with Crippen LogP contribution < -0.4 is 0 Å². The summed E-state index contributed by atoms with van der Waals surface area (Å²) in [6.07, 6.45) is 3.19. The molecule has 0 amide bonds. The third-order valence-electron chi connectivity index (χ3n) is 5.30. The van der Waals surface area contributed by atoms with Gasteiger partial charge in [0.15, 0.2) is 5.78 Å². The quantitative estimate of drug-likeness (QED) is 0.258. The molecule has 4 rings (SSSR count). The van der Waals surface area contributed by atoms with E-state index in [4.69, 9.17) is 0 Å². The van der Waals surface area contributed by atoms with Gasteiger partial charge in [0, 0.05) is 15.7 Å². The fourth-order valence-corrected chi connectivity index (χ4v) is 4.82. The molecule has 1 heterocycles. The first-order valence-electron chi connectivity index (χ1n) is 10.3. The van der Waals surface area contributed by atoms with Gasteiger partial charge in [0.25, 0.3) is 0 Å². The van der Waals surface area contributed by atoms with E-state index >= 15 is 0 Å². The zero-order chi connectivity index (χ0) is 21.6. The van der Waals surface area contributed by atoms with Crippen molar-refractivity contribution in [2.75, 3.05) is 0 Å². The third kappa shape index (κ3) is 5.30. The van der Waals surface area contributed by atoms with E-state index in [1.165, 1.54) is 17.5 Å². The minimum Gasteiger partial charge on any atom is -0.294 e. The Bertz CT molecular complexity index is 1110. The largest absolute Gasteiger partial charge is 0.294 e. The second-order valence-corrected chi connectivity index (χ2v) is 8.93. The van der Waals surface area contributed by atoms with Crippen LogP contribution in [0.3, 0.4) is 0 Å². The summed E-state index contributed by atoms with van der Waals surface area (Å²) in [7, 11) is 0. The SMILES string of the molecule is Cc1ccc(S[C@H](c2ccc(C)cc2)[C@@H](Cn2cncn2)C(=O)c2ccccc2)cc1. The molecule has 0 aliphatic heterocycles. The molecule has 0 aliphatic rings. The van der Waals surface area contributed by atoms with Gasteiger partial charge < -0.3 is 0 Å². The number of aromatic nitrogens is 3. The molecule has 0 saturated heterocycles. The van der Waals surface area contributed by atoms with Gasteiger partial charge in [-0.05, 0) is 31.5 Å². The van der Waals surface area contributed by atoms with Crippen LogP contribution in [-0.4, -0.2) is 20.5 Å². The lowest BCUT2D eigenvalue weighted by Gasteiger charge is -2.26. The molecule has 31 heavy (non-hydrogen) atoms. The predicted molar refractivity (Wildman–Crippen MR) is 125 cm³/mol. The van der Waals surface area contributed by atoms with Crippen LogP contribution in [0.5, 0.6) is 0 Å². The maximum atomic E-state index is 13.7. The molecule has 3 aromatic carbocycles. The Balaban J connectivity index is 1.76. The van der Waals surface area contributed by atoms with Crippen molar-refractivity contribution < 1.29 is 4.79 Å². The third-order valence-corrected chi connectivity index (χ3v) is 6.70. The van der Waals surface area contributed by atoms with Crippen molar-refractivity contribution in [2.45, 2.75) is 30.5 Å². The number of carbonyl (C=O) groups excluding carboxylic acids is 1. The number of rotatable bonds is 8. The highest BCUT2D eigenvalue weighted by Crippen LogP contribution is 2.43. The predicted octanol–water partition coefficient (Wildman–Crippen LogP) is 5.93. The number of hydrogen-bond donors (Lipinski definition) is 0. The van der Waals surface area contributed by atoms with E-state index in [1.54, 1.807) is 22.8 Å². The van der Waals surface area contributed by atoms with E-state index in [0.29, 0.717) is 12.1 Å². The molecule has 0 N–H and O–H groups in total. The molecule has 0 fully saturated rings. The van der Waals surface area contributed by atoms with E-state index < -0.39 is 0 Å². The van der Waals surface area contributed by atoms with Crippen LogP contribution in [0, 0.1) is 19.8 Å². The zero-order valence-corrected chi connectivity index (χ0v) is 18.5. The highest BCUT2D eigenvalue weighted by atomic mass is 32.2. The van der Waals surface area contributed by atoms with Crippen LogP contribution in [0.25, 0.3) is 0 Å². The van der Waals surface area contributed by atoms with Gasteiger partial charge >= 0.3 is 0 Å². The minimum atomic E-state index is -0.307. The summed E-state index contributed by atoms with van der Waals surface area (Å²) in [5.41, 5.74) is 4.26. The van der Waals surface area contributed by atoms with Crippen molar-refractivity contribution in [1.82, 2.24) is 14.8 Å². The first-order chi connectivity index (χ1) is 15.1. The molecule has 1 aromatic heterocycles. The summed E-state index contributed by atoms with van der Waals surface area (Å²) in [6, 6.07) is 26.5. The second kappa shape index (κ2) is 9.75. The Morgan fingerprint density at radius 1 is 0.903 bits per heavy atom. The van der Waals surface area contributed by atoms with Crippen LogP contribution in [0.2, 0.25) is 0 Å². The fraction of sp³-hybridized carbons (Fsp3) is 0.192. The van der Waals surface area contributed by atoms with Crippen LogP contribution in [0.4, 0.5) is 0 Å². The van der Waals surface area contributed by atoms with Gasteiger partial charge in [-0.1, -0.05) is 77.9 Å². The van der Waals surface area contributed by atoms with Crippen molar-refractivity contribution in [3.63, 3.8) is 0 Å². The Morgan fingerprint density at radius 2 is 1.55 bits per heavy atom. The van der Waals surface area contributed by atoms with Crippen LogP contribution in [0.15, 0.2) is 96.4 Å². The molecule has 0 bridgehead atoms. The topological polar surface area (TPSA) is 47.8 Å². The van der Waals surface area contributed by atoms with Crippen molar-refractivity contribution in [3.05, 3.63) is 114 Å². The first kappa shape index (κ1) is 21.1. The smallest absolute Gasteiger partial charge is 0.169 e. The number of ketones is 1. The Morgan fingerprint density at radius 3 is 2.16 bits per heavy atom. The second-order valence-electron chi connectivity index (χ2n) is 7.72. The van der Waals surface area contributed by atoms with Crippen molar-refractivity contribution >= 4 is 17.5 Å². The minimum absolute atomic E-state index is 0.0692. The summed E-state index contributed by atoms with van der Waals surface area (Å²) in [4.78, 5) is 18.9. The summed E-state index contributed by atoms with van der Waals surface area (Å²) in [5, 5.41) is 4.22. The molecule has 4 aromatic rings. The number of thioether (sulfide) groups is 1. The molecule has 0 aliphatic carbocycles. The number of aryl methyl sites for hydroxylation is 2. The van der Waals surface area contributed by atoms with E-state index in [0.717, 1.165) is 10.5 Å². The molecular weight excluding hydrogens is 402 g/mol.